The van der Waals surface area contributed by atoms with Crippen molar-refractivity contribution in [1.29, 1.82) is 0 Å². The maximum Gasteiger partial charge on any atom is 0.387 e. The molecule has 6 nitrogen and oxygen atoms in total. The highest BCUT2D eigenvalue weighted by Gasteiger charge is 2.13. The van der Waals surface area contributed by atoms with E-state index in [2.05, 4.69) is 10.1 Å². The predicted molar refractivity (Wildman–Crippen MR) is 90.2 cm³/mol. The number of hydrogen-bond acceptors (Lipinski definition) is 4. The van der Waals surface area contributed by atoms with Crippen LogP contribution in [-0.2, 0) is 11.3 Å². The number of carbonyl (C=O) groups is 1. The largest absolute Gasteiger partial charge is 0.493 e. The molecule has 0 aliphatic heterocycles. The van der Waals surface area contributed by atoms with Gasteiger partial charge in [0.15, 0.2) is 11.5 Å². The van der Waals surface area contributed by atoms with Gasteiger partial charge in [0.25, 0.3) is 0 Å². The van der Waals surface area contributed by atoms with Crippen LogP contribution in [0.4, 0.5) is 13.6 Å². The van der Waals surface area contributed by atoms with E-state index < -0.39 is 6.61 Å². The molecule has 0 bridgehead atoms. The van der Waals surface area contributed by atoms with Crippen molar-refractivity contribution in [2.75, 3.05) is 27.3 Å². The molecule has 0 spiro atoms. The SMILES string of the molecule is COc1cc(CN(C)C(=O)NCCCOC(C)C)ccc1OC(F)F. The minimum atomic E-state index is -2.92. The second-order valence-corrected chi connectivity index (χ2v) is 5.72. The molecular weight excluding hydrogens is 334 g/mol. The van der Waals surface area contributed by atoms with Crippen molar-refractivity contribution in [2.45, 2.75) is 39.5 Å². The molecule has 0 aromatic heterocycles. The number of rotatable bonds is 10. The third-order valence-corrected chi connectivity index (χ3v) is 3.26. The zero-order valence-corrected chi connectivity index (χ0v) is 15.1. The number of ether oxygens (including phenoxy) is 3. The van der Waals surface area contributed by atoms with Gasteiger partial charge in [-0.1, -0.05) is 6.07 Å². The molecule has 0 saturated carbocycles. The molecule has 0 unspecified atom stereocenters. The van der Waals surface area contributed by atoms with Crippen LogP contribution in [0.15, 0.2) is 18.2 Å². The summed E-state index contributed by atoms with van der Waals surface area (Å²) in [5.41, 5.74) is 0.735. The number of halogens is 2. The number of urea groups is 1. The van der Waals surface area contributed by atoms with Crippen LogP contribution < -0.4 is 14.8 Å². The summed E-state index contributed by atoms with van der Waals surface area (Å²) in [6.45, 7) is 2.40. The van der Waals surface area contributed by atoms with Crippen molar-refractivity contribution in [3.05, 3.63) is 23.8 Å². The van der Waals surface area contributed by atoms with Gasteiger partial charge >= 0.3 is 12.6 Å². The Morgan fingerprint density at radius 2 is 2.00 bits per heavy atom. The van der Waals surface area contributed by atoms with Gasteiger partial charge in [0.2, 0.25) is 0 Å². The smallest absolute Gasteiger partial charge is 0.387 e. The molecule has 25 heavy (non-hydrogen) atoms. The average molecular weight is 360 g/mol. The first kappa shape index (κ1) is 21.0. The monoisotopic (exact) mass is 360 g/mol. The Labute approximate surface area is 147 Å². The Morgan fingerprint density at radius 1 is 1.28 bits per heavy atom. The molecule has 2 amide bonds. The number of carbonyl (C=O) groups excluding carboxylic acids is 1. The number of nitrogens with one attached hydrogen (secondary N) is 1. The van der Waals surface area contributed by atoms with Crippen LogP contribution >= 0.6 is 0 Å². The summed E-state index contributed by atoms with van der Waals surface area (Å²) >= 11 is 0. The summed E-state index contributed by atoms with van der Waals surface area (Å²) in [4.78, 5) is 13.5. The van der Waals surface area contributed by atoms with E-state index >= 15 is 0 Å². The Morgan fingerprint density at radius 3 is 2.60 bits per heavy atom. The highest BCUT2D eigenvalue weighted by atomic mass is 19.3. The molecule has 0 radical (unpaired) electrons. The number of hydrogen-bond donors (Lipinski definition) is 1. The summed E-state index contributed by atoms with van der Waals surface area (Å²) in [6.07, 6.45) is 0.899. The minimum Gasteiger partial charge on any atom is -0.493 e. The lowest BCUT2D eigenvalue weighted by Crippen LogP contribution is -2.37. The number of alkyl halides is 2. The van der Waals surface area contributed by atoms with E-state index in [0.717, 1.165) is 12.0 Å². The summed E-state index contributed by atoms with van der Waals surface area (Å²) < 4.78 is 39.5. The second kappa shape index (κ2) is 10.7. The van der Waals surface area contributed by atoms with Crippen LogP contribution in [-0.4, -0.2) is 51.0 Å². The van der Waals surface area contributed by atoms with Crippen LogP contribution in [0.5, 0.6) is 11.5 Å². The maximum atomic E-state index is 12.3. The van der Waals surface area contributed by atoms with Crippen molar-refractivity contribution in [1.82, 2.24) is 10.2 Å². The summed E-state index contributed by atoms with van der Waals surface area (Å²) in [5, 5.41) is 2.79. The third kappa shape index (κ3) is 8.02. The Kier molecular flexibility index (Phi) is 8.98. The van der Waals surface area contributed by atoms with Gasteiger partial charge < -0.3 is 24.4 Å². The summed E-state index contributed by atoms with van der Waals surface area (Å²) in [7, 11) is 3.02. The molecule has 0 aliphatic rings. The molecule has 0 saturated heterocycles. The van der Waals surface area contributed by atoms with Gasteiger partial charge in [-0.25, -0.2) is 4.79 Å². The standard InChI is InChI=1S/C17H26F2N2O4/c1-12(2)24-9-5-8-20-17(22)21(3)11-13-6-7-14(25-16(18)19)15(10-13)23-4/h6-7,10,12,16H,5,8-9,11H2,1-4H3,(H,20,22). The van der Waals surface area contributed by atoms with Gasteiger partial charge in [0.05, 0.1) is 13.2 Å². The van der Waals surface area contributed by atoms with Crippen LogP contribution in [0.2, 0.25) is 0 Å². The lowest BCUT2D eigenvalue weighted by Gasteiger charge is -2.19. The number of benzene rings is 1. The molecule has 142 valence electrons. The summed E-state index contributed by atoms with van der Waals surface area (Å²) in [5.74, 6) is 0.149. The fraction of sp³-hybridized carbons (Fsp3) is 0.588. The maximum absolute atomic E-state index is 12.3. The highest BCUT2D eigenvalue weighted by molar-refractivity contribution is 5.73. The van der Waals surface area contributed by atoms with Gasteiger partial charge in [-0.2, -0.15) is 8.78 Å². The highest BCUT2D eigenvalue weighted by Crippen LogP contribution is 2.29. The number of methoxy groups -OCH3 is 1. The molecule has 0 aliphatic carbocycles. The van der Waals surface area contributed by atoms with E-state index in [4.69, 9.17) is 9.47 Å². The predicted octanol–water partition coefficient (Wildman–Crippen LogP) is 3.25. The first-order chi connectivity index (χ1) is 11.8. The van der Waals surface area contributed by atoms with Crippen LogP contribution in [0.1, 0.15) is 25.8 Å². The van der Waals surface area contributed by atoms with Crippen molar-refractivity contribution in [2.24, 2.45) is 0 Å². The average Bonchev–Trinajstić information content (AvgIpc) is 2.54. The van der Waals surface area contributed by atoms with Crippen molar-refractivity contribution < 1.29 is 27.8 Å². The zero-order chi connectivity index (χ0) is 18.8. The van der Waals surface area contributed by atoms with E-state index in [-0.39, 0.29) is 23.6 Å². The molecule has 0 atom stereocenters. The van der Waals surface area contributed by atoms with Crippen LogP contribution in [0, 0.1) is 0 Å². The molecule has 0 fully saturated rings. The quantitative estimate of drug-likeness (QED) is 0.651. The topological polar surface area (TPSA) is 60.0 Å². The van der Waals surface area contributed by atoms with Gasteiger partial charge in [0, 0.05) is 26.7 Å². The van der Waals surface area contributed by atoms with E-state index in [1.165, 1.54) is 18.1 Å². The molecule has 8 heteroatoms. The molecule has 1 aromatic carbocycles. The van der Waals surface area contributed by atoms with Gasteiger partial charge in [0.1, 0.15) is 0 Å². The van der Waals surface area contributed by atoms with E-state index in [9.17, 15) is 13.6 Å². The Bertz CT molecular complexity index is 541. The lowest BCUT2D eigenvalue weighted by molar-refractivity contribution is -0.0512. The molecule has 0 heterocycles. The number of nitrogens with zero attached hydrogens (tertiary/aromatic N) is 1. The lowest BCUT2D eigenvalue weighted by atomic mass is 10.2. The molecular formula is C17H26F2N2O4. The number of amides is 2. The van der Waals surface area contributed by atoms with Crippen molar-refractivity contribution in [3.8, 4) is 11.5 Å². The van der Waals surface area contributed by atoms with E-state index in [1.807, 2.05) is 13.8 Å². The Hall–Kier alpha value is -2.09. The fourth-order valence-corrected chi connectivity index (χ4v) is 2.07. The van der Waals surface area contributed by atoms with E-state index in [0.29, 0.717) is 19.7 Å². The van der Waals surface area contributed by atoms with Crippen molar-refractivity contribution in [3.63, 3.8) is 0 Å². The molecule has 1 N–H and O–H groups in total. The van der Waals surface area contributed by atoms with Gasteiger partial charge in [-0.15, -0.1) is 0 Å². The molecule has 1 aromatic rings. The first-order valence-electron chi connectivity index (χ1n) is 8.05. The minimum absolute atomic E-state index is 0.0430. The van der Waals surface area contributed by atoms with Crippen LogP contribution in [0.3, 0.4) is 0 Å². The first-order valence-corrected chi connectivity index (χ1v) is 8.05. The fourth-order valence-electron chi connectivity index (χ4n) is 2.07. The summed E-state index contributed by atoms with van der Waals surface area (Å²) in [6, 6.07) is 4.35. The third-order valence-electron chi connectivity index (χ3n) is 3.26. The second-order valence-electron chi connectivity index (χ2n) is 5.72. The van der Waals surface area contributed by atoms with Gasteiger partial charge in [-0.3, -0.25) is 0 Å². The molecule has 1 rings (SSSR count). The van der Waals surface area contributed by atoms with Crippen LogP contribution in [0.25, 0.3) is 0 Å². The zero-order valence-electron chi connectivity index (χ0n) is 15.1. The van der Waals surface area contributed by atoms with Crippen molar-refractivity contribution >= 4 is 6.03 Å². The van der Waals surface area contributed by atoms with E-state index in [1.54, 1.807) is 19.2 Å². The Balaban J connectivity index is 2.49. The van der Waals surface area contributed by atoms with Gasteiger partial charge in [-0.05, 0) is 38.0 Å². The normalized spacial score (nSPS) is 10.9.